The van der Waals surface area contributed by atoms with E-state index in [0.29, 0.717) is 19.1 Å². The molecule has 3 rings (SSSR count). The normalized spacial score (nSPS) is 24.5. The number of piperidine rings is 1. The minimum absolute atomic E-state index is 0.150. The van der Waals surface area contributed by atoms with Crippen molar-refractivity contribution in [3.63, 3.8) is 0 Å². The second kappa shape index (κ2) is 6.50. The molecule has 2 aliphatic rings. The van der Waals surface area contributed by atoms with Crippen LogP contribution in [0.25, 0.3) is 0 Å². The number of anilines is 1. The maximum absolute atomic E-state index is 11.7. The Labute approximate surface area is 132 Å². The molecule has 1 aromatic rings. The van der Waals surface area contributed by atoms with Crippen molar-refractivity contribution in [1.29, 1.82) is 0 Å². The first-order chi connectivity index (χ1) is 10.5. The second-order valence-electron chi connectivity index (χ2n) is 6.41. The van der Waals surface area contributed by atoms with Gasteiger partial charge in [0.1, 0.15) is 5.82 Å². The Morgan fingerprint density at radius 2 is 1.91 bits per heavy atom. The van der Waals surface area contributed by atoms with Crippen molar-refractivity contribution in [2.24, 2.45) is 0 Å². The molecular formula is C15H24N4O2S. The van der Waals surface area contributed by atoms with Crippen molar-refractivity contribution in [2.45, 2.75) is 50.5 Å². The van der Waals surface area contributed by atoms with E-state index in [1.807, 2.05) is 0 Å². The first-order valence-corrected chi connectivity index (χ1v) is 9.91. The number of nitrogens with one attached hydrogen (secondary N) is 1. The molecule has 0 spiro atoms. The average Bonchev–Trinajstić information content (AvgIpc) is 3.00. The van der Waals surface area contributed by atoms with E-state index in [-0.39, 0.29) is 5.92 Å². The molecule has 1 aliphatic carbocycles. The molecule has 2 heterocycles. The number of hydrogen-bond acceptors (Lipinski definition) is 5. The van der Waals surface area contributed by atoms with Gasteiger partial charge in [-0.3, -0.25) is 4.98 Å². The van der Waals surface area contributed by atoms with E-state index in [0.717, 1.165) is 24.4 Å². The van der Waals surface area contributed by atoms with Crippen LogP contribution in [0.1, 0.15) is 50.1 Å². The zero-order valence-electron chi connectivity index (χ0n) is 13.0. The van der Waals surface area contributed by atoms with Crippen LogP contribution in [-0.2, 0) is 10.0 Å². The Balaban J connectivity index is 1.64. The van der Waals surface area contributed by atoms with Gasteiger partial charge in [-0.05, 0) is 25.7 Å². The van der Waals surface area contributed by atoms with Gasteiger partial charge in [-0.25, -0.2) is 17.7 Å². The average molecular weight is 324 g/mol. The summed E-state index contributed by atoms with van der Waals surface area (Å²) in [6.07, 6.45) is 11.7. The SMILES string of the molecule is CS(=O)(=O)N1CCC[C@@H](c2cnc(NC3CCCC3)cn2)C1. The zero-order valence-corrected chi connectivity index (χ0v) is 13.8. The molecule has 2 fully saturated rings. The van der Waals surface area contributed by atoms with E-state index in [4.69, 9.17) is 0 Å². The van der Waals surface area contributed by atoms with Crippen LogP contribution >= 0.6 is 0 Å². The summed E-state index contributed by atoms with van der Waals surface area (Å²) >= 11 is 0. The lowest BCUT2D eigenvalue weighted by Crippen LogP contribution is -2.38. The topological polar surface area (TPSA) is 75.2 Å². The van der Waals surface area contributed by atoms with Gasteiger partial charge in [-0.2, -0.15) is 0 Å². The van der Waals surface area contributed by atoms with Crippen molar-refractivity contribution in [2.75, 3.05) is 24.7 Å². The van der Waals surface area contributed by atoms with Crippen LogP contribution in [0.3, 0.4) is 0 Å². The van der Waals surface area contributed by atoms with Gasteiger partial charge in [0.15, 0.2) is 0 Å². The van der Waals surface area contributed by atoms with Crippen LogP contribution in [0.2, 0.25) is 0 Å². The fourth-order valence-electron chi connectivity index (χ4n) is 3.39. The van der Waals surface area contributed by atoms with Crippen LogP contribution in [-0.4, -0.2) is 48.1 Å². The maximum atomic E-state index is 11.7. The van der Waals surface area contributed by atoms with Gasteiger partial charge in [-0.1, -0.05) is 12.8 Å². The third-order valence-corrected chi connectivity index (χ3v) is 5.92. The van der Waals surface area contributed by atoms with E-state index in [9.17, 15) is 8.42 Å². The number of hydrogen-bond donors (Lipinski definition) is 1. The number of nitrogens with zero attached hydrogens (tertiary/aromatic N) is 3. The first-order valence-electron chi connectivity index (χ1n) is 8.06. The lowest BCUT2D eigenvalue weighted by Gasteiger charge is -2.30. The Morgan fingerprint density at radius 1 is 1.14 bits per heavy atom. The maximum Gasteiger partial charge on any atom is 0.211 e. The molecule has 1 aliphatic heterocycles. The molecule has 1 aromatic heterocycles. The Morgan fingerprint density at radius 3 is 2.55 bits per heavy atom. The highest BCUT2D eigenvalue weighted by Crippen LogP contribution is 2.27. The molecule has 1 atom stereocenters. The summed E-state index contributed by atoms with van der Waals surface area (Å²) in [7, 11) is -3.12. The lowest BCUT2D eigenvalue weighted by molar-refractivity contribution is 0.314. The second-order valence-corrected chi connectivity index (χ2v) is 8.39. The quantitative estimate of drug-likeness (QED) is 0.916. The predicted molar refractivity (Wildman–Crippen MR) is 86.3 cm³/mol. The van der Waals surface area contributed by atoms with E-state index < -0.39 is 10.0 Å². The highest BCUT2D eigenvalue weighted by Gasteiger charge is 2.27. The van der Waals surface area contributed by atoms with Crippen molar-refractivity contribution in [3.05, 3.63) is 18.1 Å². The van der Waals surface area contributed by atoms with E-state index in [1.165, 1.54) is 31.9 Å². The third kappa shape index (κ3) is 3.76. The highest BCUT2D eigenvalue weighted by atomic mass is 32.2. The summed E-state index contributed by atoms with van der Waals surface area (Å²) in [5, 5.41) is 3.42. The summed E-state index contributed by atoms with van der Waals surface area (Å²) in [6.45, 7) is 1.13. The summed E-state index contributed by atoms with van der Waals surface area (Å²) < 4.78 is 24.9. The summed E-state index contributed by atoms with van der Waals surface area (Å²) in [4.78, 5) is 8.98. The van der Waals surface area contributed by atoms with Crippen molar-refractivity contribution >= 4 is 15.8 Å². The number of rotatable bonds is 4. The fraction of sp³-hybridized carbons (Fsp3) is 0.733. The van der Waals surface area contributed by atoms with Crippen LogP contribution in [0.15, 0.2) is 12.4 Å². The van der Waals surface area contributed by atoms with Crippen molar-refractivity contribution < 1.29 is 8.42 Å². The van der Waals surface area contributed by atoms with Gasteiger partial charge in [0.05, 0.1) is 24.3 Å². The summed E-state index contributed by atoms with van der Waals surface area (Å²) in [5.41, 5.74) is 0.894. The molecule has 6 nitrogen and oxygen atoms in total. The Kier molecular flexibility index (Phi) is 4.63. The first kappa shape index (κ1) is 15.7. The molecule has 1 saturated carbocycles. The summed E-state index contributed by atoms with van der Waals surface area (Å²) in [5.74, 6) is 0.975. The molecule has 0 aromatic carbocycles. The molecular weight excluding hydrogens is 300 g/mol. The Hall–Kier alpha value is -1.21. The lowest BCUT2D eigenvalue weighted by atomic mass is 9.96. The van der Waals surface area contributed by atoms with Crippen molar-refractivity contribution in [3.8, 4) is 0 Å². The van der Waals surface area contributed by atoms with Crippen LogP contribution < -0.4 is 5.32 Å². The molecule has 7 heteroatoms. The molecule has 22 heavy (non-hydrogen) atoms. The van der Waals surface area contributed by atoms with Gasteiger partial charge < -0.3 is 5.32 Å². The van der Waals surface area contributed by atoms with Gasteiger partial charge in [-0.15, -0.1) is 0 Å². The number of aromatic nitrogens is 2. The molecule has 1 saturated heterocycles. The zero-order chi connectivity index (χ0) is 15.6. The van der Waals surface area contributed by atoms with Gasteiger partial charge >= 0.3 is 0 Å². The fourth-order valence-corrected chi connectivity index (χ4v) is 4.30. The predicted octanol–water partition coefficient (Wildman–Crippen LogP) is 1.97. The Bertz CT molecular complexity index is 596. The molecule has 0 radical (unpaired) electrons. The third-order valence-electron chi connectivity index (χ3n) is 4.65. The van der Waals surface area contributed by atoms with Crippen molar-refractivity contribution in [1.82, 2.24) is 14.3 Å². The molecule has 0 bridgehead atoms. The monoisotopic (exact) mass is 324 g/mol. The summed E-state index contributed by atoms with van der Waals surface area (Å²) in [6, 6.07) is 0.524. The standard InChI is InChI=1S/C15H24N4O2S/c1-22(20,21)19-8-4-5-12(11-19)14-9-17-15(10-16-14)18-13-6-2-3-7-13/h9-10,12-13H,2-8,11H2,1H3,(H,17,18)/t12-/m1/s1. The van der Waals surface area contributed by atoms with Crippen LogP contribution in [0.5, 0.6) is 0 Å². The molecule has 122 valence electrons. The van der Waals surface area contributed by atoms with E-state index in [2.05, 4.69) is 15.3 Å². The minimum Gasteiger partial charge on any atom is -0.366 e. The van der Waals surface area contributed by atoms with Crippen LogP contribution in [0.4, 0.5) is 5.82 Å². The smallest absolute Gasteiger partial charge is 0.211 e. The number of sulfonamides is 1. The van der Waals surface area contributed by atoms with Gasteiger partial charge in [0.25, 0.3) is 0 Å². The molecule has 1 N–H and O–H groups in total. The van der Waals surface area contributed by atoms with E-state index in [1.54, 1.807) is 16.7 Å². The van der Waals surface area contributed by atoms with Crippen LogP contribution in [0, 0.1) is 0 Å². The van der Waals surface area contributed by atoms with Gasteiger partial charge in [0, 0.05) is 25.0 Å². The van der Waals surface area contributed by atoms with Gasteiger partial charge in [0.2, 0.25) is 10.0 Å². The largest absolute Gasteiger partial charge is 0.366 e. The highest BCUT2D eigenvalue weighted by molar-refractivity contribution is 7.88. The minimum atomic E-state index is -3.12. The molecule has 0 amide bonds. The molecule has 0 unspecified atom stereocenters. The van der Waals surface area contributed by atoms with E-state index >= 15 is 0 Å².